The summed E-state index contributed by atoms with van der Waals surface area (Å²) in [5, 5.41) is 6.06. The molecule has 3 amide bonds. The van der Waals surface area contributed by atoms with Gasteiger partial charge in [-0.15, -0.1) is 0 Å². The standard InChI is InChI=1S/C38H63N5O7S/c1-12-24(4)32(42(8)35(45)31(23(2)3)41-37(47)38(6,7)39)29(48-9)22-30(44)43-20-16-19-28(43)33(49-10)25(5)34(51)40-27(36(46)50-11)21-26-17-14-13-15-18-26/h13-15,17-18,23-25,27-29,31-33H,12,16,19-22,39H2,1-11H3,(H,40,51)(H,41,47)/t24-,25+,27-,28-,29+,31-,32?,33+/m0/s1. The van der Waals surface area contributed by atoms with Crippen molar-refractivity contribution in [1.29, 1.82) is 0 Å². The maximum absolute atomic E-state index is 14.2. The Morgan fingerprint density at radius 3 is 2.18 bits per heavy atom. The molecule has 0 radical (unpaired) electrons. The molecule has 0 spiro atoms. The van der Waals surface area contributed by atoms with E-state index in [1.54, 1.807) is 40.0 Å². The summed E-state index contributed by atoms with van der Waals surface area (Å²) in [6, 6.07) is 7.44. The number of esters is 1. The number of ether oxygens (including phenoxy) is 3. The number of benzene rings is 1. The lowest BCUT2D eigenvalue weighted by molar-refractivity contribution is -0.147. The van der Waals surface area contributed by atoms with E-state index in [4.69, 9.17) is 32.2 Å². The molecular weight excluding hydrogens is 671 g/mol. The quantitative estimate of drug-likeness (QED) is 0.142. The van der Waals surface area contributed by atoms with Crippen LogP contribution in [0.4, 0.5) is 0 Å². The highest BCUT2D eigenvalue weighted by Gasteiger charge is 2.43. The van der Waals surface area contributed by atoms with E-state index in [9.17, 15) is 19.2 Å². The van der Waals surface area contributed by atoms with Crippen LogP contribution in [0.1, 0.15) is 79.7 Å². The first-order chi connectivity index (χ1) is 23.9. The molecule has 1 fully saturated rings. The predicted octanol–water partition coefficient (Wildman–Crippen LogP) is 3.49. The van der Waals surface area contributed by atoms with E-state index >= 15 is 0 Å². The number of rotatable bonds is 19. The second-order valence-corrected chi connectivity index (χ2v) is 15.2. The molecule has 1 unspecified atom stereocenters. The smallest absolute Gasteiger partial charge is 0.328 e. The molecule has 1 heterocycles. The lowest BCUT2D eigenvalue weighted by Crippen LogP contribution is -2.60. The van der Waals surface area contributed by atoms with Crippen LogP contribution in [-0.4, -0.2) is 115 Å². The van der Waals surface area contributed by atoms with Crippen LogP contribution in [-0.2, 0) is 39.8 Å². The van der Waals surface area contributed by atoms with Crippen molar-refractivity contribution < 1.29 is 33.4 Å². The van der Waals surface area contributed by atoms with Crippen LogP contribution >= 0.6 is 12.2 Å². The third kappa shape index (κ3) is 11.9. The highest BCUT2D eigenvalue weighted by atomic mass is 32.1. The monoisotopic (exact) mass is 733 g/mol. The van der Waals surface area contributed by atoms with Gasteiger partial charge in [0.1, 0.15) is 12.1 Å². The van der Waals surface area contributed by atoms with Crippen molar-refractivity contribution in [3.63, 3.8) is 0 Å². The van der Waals surface area contributed by atoms with Crippen LogP contribution in [0, 0.1) is 17.8 Å². The van der Waals surface area contributed by atoms with Crippen LogP contribution in [0.5, 0.6) is 0 Å². The highest BCUT2D eigenvalue weighted by Crippen LogP contribution is 2.30. The number of amides is 3. The first kappa shape index (κ1) is 44.0. The average Bonchev–Trinajstić information content (AvgIpc) is 3.58. The van der Waals surface area contributed by atoms with Gasteiger partial charge in [0.15, 0.2) is 0 Å². The van der Waals surface area contributed by atoms with Gasteiger partial charge in [-0.1, -0.05) is 83.6 Å². The molecule has 13 heteroatoms. The maximum Gasteiger partial charge on any atom is 0.328 e. The summed E-state index contributed by atoms with van der Waals surface area (Å²) < 4.78 is 17.1. The third-order valence-corrected chi connectivity index (χ3v) is 10.6. The van der Waals surface area contributed by atoms with Crippen molar-refractivity contribution in [2.75, 3.05) is 34.9 Å². The largest absolute Gasteiger partial charge is 0.467 e. The van der Waals surface area contributed by atoms with Crippen molar-refractivity contribution in [2.24, 2.45) is 23.5 Å². The molecule has 2 rings (SSSR count). The van der Waals surface area contributed by atoms with Crippen LogP contribution in [0.25, 0.3) is 0 Å². The average molecular weight is 734 g/mol. The number of likely N-dealkylation sites (tertiary alicyclic amines) is 1. The second kappa shape index (κ2) is 20.2. The first-order valence-corrected chi connectivity index (χ1v) is 18.5. The molecular formula is C38H63N5O7S. The number of carbonyl (C=O) groups excluding carboxylic acids is 4. The van der Waals surface area contributed by atoms with Gasteiger partial charge >= 0.3 is 5.97 Å². The molecule has 0 aliphatic carbocycles. The zero-order chi connectivity index (χ0) is 38.6. The number of likely N-dealkylation sites (N-methyl/N-ethyl adjacent to an activating group) is 1. The van der Waals surface area contributed by atoms with E-state index in [1.165, 1.54) is 7.11 Å². The maximum atomic E-state index is 14.2. The lowest BCUT2D eigenvalue weighted by Gasteiger charge is -2.41. The predicted molar refractivity (Wildman–Crippen MR) is 203 cm³/mol. The van der Waals surface area contributed by atoms with Crippen molar-refractivity contribution in [1.82, 2.24) is 20.4 Å². The molecule has 1 aliphatic heterocycles. The minimum Gasteiger partial charge on any atom is -0.467 e. The molecule has 4 N–H and O–H groups in total. The Balaban J connectivity index is 2.27. The van der Waals surface area contributed by atoms with Gasteiger partial charge in [0.05, 0.1) is 48.3 Å². The Morgan fingerprint density at radius 1 is 1.04 bits per heavy atom. The fourth-order valence-electron chi connectivity index (χ4n) is 6.85. The van der Waals surface area contributed by atoms with Gasteiger partial charge in [-0.25, -0.2) is 4.79 Å². The van der Waals surface area contributed by atoms with Crippen LogP contribution in [0.3, 0.4) is 0 Å². The number of methoxy groups -OCH3 is 3. The molecule has 288 valence electrons. The number of nitrogens with two attached hydrogens (primary N) is 1. The second-order valence-electron chi connectivity index (χ2n) is 14.8. The Labute approximate surface area is 310 Å². The molecule has 1 aromatic rings. The first-order valence-electron chi connectivity index (χ1n) is 18.1. The van der Waals surface area contributed by atoms with Crippen molar-refractivity contribution in [3.8, 4) is 0 Å². The molecule has 0 saturated carbocycles. The molecule has 51 heavy (non-hydrogen) atoms. The Kier molecular flexibility index (Phi) is 17.4. The number of nitrogens with one attached hydrogen (secondary N) is 2. The minimum absolute atomic E-state index is 0.0191. The van der Waals surface area contributed by atoms with Crippen molar-refractivity contribution in [2.45, 2.75) is 122 Å². The Bertz CT molecular complexity index is 1310. The van der Waals surface area contributed by atoms with Gasteiger partial charge in [0.25, 0.3) is 0 Å². The van der Waals surface area contributed by atoms with E-state index in [1.807, 2.05) is 69.9 Å². The van der Waals surface area contributed by atoms with E-state index in [0.29, 0.717) is 18.0 Å². The van der Waals surface area contributed by atoms with E-state index in [0.717, 1.165) is 24.8 Å². The Morgan fingerprint density at radius 2 is 1.67 bits per heavy atom. The van der Waals surface area contributed by atoms with Gasteiger partial charge in [-0.3, -0.25) is 14.4 Å². The summed E-state index contributed by atoms with van der Waals surface area (Å²) in [6.45, 7) is 13.5. The number of nitrogens with zero attached hydrogens (tertiary/aromatic N) is 2. The summed E-state index contributed by atoms with van der Waals surface area (Å²) in [5.74, 6) is -1.77. The minimum atomic E-state index is -1.15. The number of hydrogen-bond acceptors (Lipinski definition) is 9. The van der Waals surface area contributed by atoms with Gasteiger partial charge in [-0.2, -0.15) is 0 Å². The zero-order valence-corrected chi connectivity index (χ0v) is 33.4. The molecule has 1 aliphatic rings. The van der Waals surface area contributed by atoms with Gasteiger partial charge < -0.3 is 40.4 Å². The highest BCUT2D eigenvalue weighted by molar-refractivity contribution is 7.80. The summed E-state index contributed by atoms with van der Waals surface area (Å²) in [4.78, 5) is 57.6. The number of thiocarbonyl (C=S) groups is 1. The van der Waals surface area contributed by atoms with Crippen LogP contribution < -0.4 is 16.4 Å². The van der Waals surface area contributed by atoms with E-state index < -0.39 is 47.7 Å². The number of carbonyl (C=O) groups is 4. The molecule has 1 saturated heterocycles. The summed E-state index contributed by atoms with van der Waals surface area (Å²) in [5.41, 5.74) is 5.84. The Hall–Kier alpha value is -3.13. The van der Waals surface area contributed by atoms with Crippen LogP contribution in [0.2, 0.25) is 0 Å². The fourth-order valence-corrected chi connectivity index (χ4v) is 7.13. The lowest BCUT2D eigenvalue weighted by atomic mass is 9.89. The van der Waals surface area contributed by atoms with Crippen molar-refractivity contribution >= 4 is 40.9 Å². The SMILES string of the molecule is CC[C@H](C)C([C@@H](CC(=O)N1CCC[C@H]1[C@H](OC)[C@@H](C)C(=S)N[C@@H](Cc1ccccc1)C(=O)OC)OC)N(C)C(=O)[C@@H](NC(=O)C(C)(C)N)C(C)C. The normalized spacial score (nSPS) is 18.9. The zero-order valence-electron chi connectivity index (χ0n) is 32.6. The summed E-state index contributed by atoms with van der Waals surface area (Å²) in [7, 11) is 6.23. The third-order valence-electron chi connectivity index (χ3n) is 10.1. The number of hydrogen-bond donors (Lipinski definition) is 3. The molecule has 8 atom stereocenters. The molecule has 0 aromatic heterocycles. The van der Waals surface area contributed by atoms with Gasteiger partial charge in [0.2, 0.25) is 17.7 Å². The van der Waals surface area contributed by atoms with Crippen LogP contribution in [0.15, 0.2) is 30.3 Å². The molecule has 0 bridgehead atoms. The van der Waals surface area contributed by atoms with Gasteiger partial charge in [0, 0.05) is 40.2 Å². The fraction of sp³-hybridized carbons (Fsp3) is 0.711. The summed E-state index contributed by atoms with van der Waals surface area (Å²) >= 11 is 5.83. The topological polar surface area (TPSA) is 153 Å². The molecule has 1 aromatic carbocycles. The van der Waals surface area contributed by atoms with E-state index in [-0.39, 0.29) is 42.0 Å². The van der Waals surface area contributed by atoms with E-state index in [2.05, 4.69) is 10.6 Å². The van der Waals surface area contributed by atoms with Crippen molar-refractivity contribution in [3.05, 3.63) is 35.9 Å². The van der Waals surface area contributed by atoms with Gasteiger partial charge in [-0.05, 0) is 44.1 Å². The molecule has 12 nitrogen and oxygen atoms in total. The summed E-state index contributed by atoms with van der Waals surface area (Å²) in [6.07, 6.45) is 1.64.